The van der Waals surface area contributed by atoms with Crippen LogP contribution in [-0.4, -0.2) is 14.3 Å². The molecule has 4 nitrogen and oxygen atoms in total. The number of aliphatic hydroxyl groups is 1. The third-order valence-electron chi connectivity index (χ3n) is 3.94. The van der Waals surface area contributed by atoms with Gasteiger partial charge in [0.2, 0.25) is 0 Å². The van der Waals surface area contributed by atoms with E-state index in [2.05, 4.69) is 12.3 Å². The van der Waals surface area contributed by atoms with E-state index in [0.29, 0.717) is 18.5 Å². The molecule has 2 aromatic rings. The molecule has 0 spiro atoms. The summed E-state index contributed by atoms with van der Waals surface area (Å²) in [5, 5.41) is 20.2. The molecule has 25 heavy (non-hydrogen) atoms. The highest BCUT2D eigenvalue weighted by molar-refractivity contribution is 14.1. The van der Waals surface area contributed by atoms with Crippen LogP contribution in [0.25, 0.3) is 0 Å². The number of hydrogen-bond acceptors (Lipinski definition) is 4. The van der Waals surface area contributed by atoms with Crippen molar-refractivity contribution in [3.63, 3.8) is 0 Å². The Bertz CT molecular complexity index is 842. The first-order chi connectivity index (χ1) is 12.2. The summed E-state index contributed by atoms with van der Waals surface area (Å²) < 4.78 is 6.58. The lowest BCUT2D eigenvalue weighted by Gasteiger charge is -2.22. The van der Waals surface area contributed by atoms with Gasteiger partial charge in [0, 0.05) is 5.02 Å². The molecule has 1 heterocycles. The molecule has 0 saturated carbocycles. The second-order valence-electron chi connectivity index (χ2n) is 5.74. The van der Waals surface area contributed by atoms with Crippen molar-refractivity contribution in [3.8, 4) is 6.07 Å². The third kappa shape index (κ3) is 4.88. The van der Waals surface area contributed by atoms with Crippen LogP contribution < -0.4 is 0 Å². The number of rotatable bonds is 6. The van der Waals surface area contributed by atoms with E-state index in [9.17, 15) is 5.11 Å². The van der Waals surface area contributed by atoms with Gasteiger partial charge in [-0.05, 0) is 48.2 Å². The van der Waals surface area contributed by atoms with Crippen LogP contribution in [0.5, 0.6) is 0 Å². The van der Waals surface area contributed by atoms with Gasteiger partial charge in [-0.1, -0.05) is 35.9 Å². The summed E-state index contributed by atoms with van der Waals surface area (Å²) in [5.74, 6) is 0. The zero-order chi connectivity index (χ0) is 17.6. The number of nitriles is 1. The summed E-state index contributed by atoms with van der Waals surface area (Å²) in [6.45, 7) is 0.711. The molecule has 0 saturated heterocycles. The Morgan fingerprint density at radius 2 is 2.00 bits per heavy atom. The maximum absolute atomic E-state index is 10.6. The van der Waals surface area contributed by atoms with Crippen molar-refractivity contribution < 1.29 is 5.11 Å². The highest BCUT2D eigenvalue weighted by Gasteiger charge is 2.21. The van der Waals surface area contributed by atoms with Crippen LogP contribution in [0, 0.1) is 11.3 Å². The van der Waals surface area contributed by atoms with E-state index < -0.39 is 27.4 Å². The summed E-state index contributed by atoms with van der Waals surface area (Å²) >= 11 is 5.52. The molecule has 1 unspecified atom stereocenters. The van der Waals surface area contributed by atoms with Crippen molar-refractivity contribution in [2.75, 3.05) is 0 Å². The molecule has 0 fully saturated rings. The fourth-order valence-corrected chi connectivity index (χ4v) is 4.75. The minimum absolute atomic E-state index is 0.487. The van der Waals surface area contributed by atoms with E-state index in [0.717, 1.165) is 28.3 Å². The van der Waals surface area contributed by atoms with Gasteiger partial charge in [0.05, 0.1) is 36.2 Å². The first-order valence-corrected chi connectivity index (χ1v) is 10.2. The molecule has 0 amide bonds. The number of aliphatic hydroxyl groups excluding tert-OH is 1. The smallest absolute Gasteiger partial charge is 0.121 e. The van der Waals surface area contributed by atoms with E-state index in [1.54, 1.807) is 6.20 Å². The maximum atomic E-state index is 10.6. The minimum Gasteiger partial charge on any atom is -0.387 e. The number of aryl methyl sites for hydroxylation is 1. The molecular formula is C19H17ClIN3O. The van der Waals surface area contributed by atoms with E-state index in [-0.39, 0.29) is 0 Å². The Labute approximate surface area is 162 Å². The Kier molecular flexibility index (Phi) is 6.19. The number of halogens is 2. The van der Waals surface area contributed by atoms with Crippen LogP contribution in [0.15, 0.2) is 63.6 Å². The average molecular weight is 466 g/mol. The highest BCUT2D eigenvalue weighted by Crippen LogP contribution is 2.31. The van der Waals surface area contributed by atoms with Crippen LogP contribution in [0.2, 0.25) is 5.02 Å². The molecule has 0 radical (unpaired) electrons. The Hall–Kier alpha value is -1.75. The molecule has 1 N–H and O–H groups in total. The van der Waals surface area contributed by atoms with Gasteiger partial charge in [-0.25, -0.2) is 3.15 Å². The summed E-state index contributed by atoms with van der Waals surface area (Å²) in [7, 11) is 0. The van der Waals surface area contributed by atoms with Crippen LogP contribution >= 0.6 is 32.9 Å². The molecule has 1 aliphatic rings. The Morgan fingerprint density at radius 3 is 2.72 bits per heavy atom. The van der Waals surface area contributed by atoms with Crippen LogP contribution in [0.3, 0.4) is 0 Å². The van der Waals surface area contributed by atoms with Crippen molar-refractivity contribution in [2.24, 2.45) is 3.15 Å². The van der Waals surface area contributed by atoms with Gasteiger partial charge in [0.25, 0.3) is 0 Å². The SMILES string of the molecule is N#Cc1ccc(CN2I=NC=C2C(O)CCc2cccc(Cl)c2)cc1. The lowest BCUT2D eigenvalue weighted by atomic mass is 10.0. The van der Waals surface area contributed by atoms with Crippen LogP contribution in [0.4, 0.5) is 0 Å². The predicted molar refractivity (Wildman–Crippen MR) is 107 cm³/mol. The topological polar surface area (TPSA) is 59.6 Å². The van der Waals surface area contributed by atoms with Crippen molar-refractivity contribution in [1.82, 2.24) is 3.11 Å². The molecule has 6 heteroatoms. The zero-order valence-corrected chi connectivity index (χ0v) is 16.4. The number of hydrogen-bond donors (Lipinski definition) is 1. The van der Waals surface area contributed by atoms with Crippen LogP contribution in [0.1, 0.15) is 23.1 Å². The summed E-state index contributed by atoms with van der Waals surface area (Å²) in [5.41, 5.74) is 3.78. The van der Waals surface area contributed by atoms with Crippen molar-refractivity contribution in [2.45, 2.75) is 25.5 Å². The Balaban J connectivity index is 1.60. The first kappa shape index (κ1) is 18.1. The molecular weight excluding hydrogens is 449 g/mol. The fourth-order valence-electron chi connectivity index (χ4n) is 2.59. The zero-order valence-electron chi connectivity index (χ0n) is 13.4. The molecule has 3 rings (SSSR count). The monoisotopic (exact) mass is 465 g/mol. The minimum atomic E-state index is -0.539. The lowest BCUT2D eigenvalue weighted by Crippen LogP contribution is -2.22. The first-order valence-electron chi connectivity index (χ1n) is 7.89. The normalized spacial score (nSPS) is 14.6. The van der Waals surface area contributed by atoms with Gasteiger partial charge < -0.3 is 8.22 Å². The number of nitrogens with zero attached hydrogens (tertiary/aromatic N) is 3. The molecule has 2 aromatic carbocycles. The second-order valence-corrected chi connectivity index (χ2v) is 8.33. The van der Waals surface area contributed by atoms with E-state index in [1.807, 2.05) is 48.5 Å². The summed E-state index contributed by atoms with van der Waals surface area (Å²) in [6.07, 6.45) is 2.67. The van der Waals surface area contributed by atoms with Crippen molar-refractivity contribution in [1.29, 1.82) is 5.26 Å². The molecule has 128 valence electrons. The van der Waals surface area contributed by atoms with E-state index >= 15 is 0 Å². The molecule has 1 aliphatic heterocycles. The summed E-state index contributed by atoms with van der Waals surface area (Å²) in [6, 6.07) is 17.4. The van der Waals surface area contributed by atoms with E-state index in [1.165, 1.54) is 0 Å². The molecule has 0 aromatic heterocycles. The maximum Gasteiger partial charge on any atom is 0.121 e. The van der Waals surface area contributed by atoms with Gasteiger partial charge >= 0.3 is 0 Å². The molecule has 0 aliphatic carbocycles. The lowest BCUT2D eigenvalue weighted by molar-refractivity contribution is 0.181. The average Bonchev–Trinajstić information content (AvgIpc) is 3.08. The van der Waals surface area contributed by atoms with Crippen molar-refractivity contribution >= 4 is 32.9 Å². The van der Waals surface area contributed by atoms with Gasteiger partial charge in [-0.15, -0.1) is 0 Å². The molecule has 1 atom stereocenters. The van der Waals surface area contributed by atoms with Crippen LogP contribution in [-0.2, 0) is 13.0 Å². The largest absolute Gasteiger partial charge is 0.387 e. The highest BCUT2D eigenvalue weighted by atomic mass is 127. The van der Waals surface area contributed by atoms with Gasteiger partial charge in [0.1, 0.15) is 21.3 Å². The summed E-state index contributed by atoms with van der Waals surface area (Å²) in [4.78, 5) is 0. The van der Waals surface area contributed by atoms with Gasteiger partial charge in [-0.2, -0.15) is 5.26 Å². The van der Waals surface area contributed by atoms with Crippen molar-refractivity contribution in [3.05, 3.63) is 82.1 Å². The predicted octanol–water partition coefficient (Wildman–Crippen LogP) is 4.93. The van der Waals surface area contributed by atoms with E-state index in [4.69, 9.17) is 16.9 Å². The Morgan fingerprint density at radius 1 is 1.20 bits per heavy atom. The fraction of sp³-hybridized carbons (Fsp3) is 0.211. The second kappa shape index (κ2) is 8.56. The molecule has 0 bridgehead atoms. The standard InChI is InChI=1S/C19H17ClIN3O/c20-17-3-1-2-14(10-17)8-9-19(25)18-12-23-21-24(18)13-16-6-4-15(11-22)5-7-16/h1-7,10,12,19,25H,8-9,13H2. The quantitative estimate of drug-likeness (QED) is 0.486. The number of benzene rings is 2. The van der Waals surface area contributed by atoms with Gasteiger partial charge in [-0.3, -0.25) is 0 Å². The van der Waals surface area contributed by atoms with Gasteiger partial charge in [0.15, 0.2) is 0 Å². The third-order valence-corrected chi connectivity index (χ3v) is 6.12.